The third kappa shape index (κ3) is 7.25. The number of guanidine groups is 1. The lowest BCUT2D eigenvalue weighted by Gasteiger charge is -2.29. The molecule has 0 aromatic carbocycles. The fourth-order valence-electron chi connectivity index (χ4n) is 4.39. The molecule has 0 bridgehead atoms. The normalized spacial score (nSPS) is 22.6. The highest BCUT2D eigenvalue weighted by Crippen LogP contribution is 2.29. The second-order valence-electron chi connectivity index (χ2n) is 8.89. The summed E-state index contributed by atoms with van der Waals surface area (Å²) in [6, 6.07) is 4.08. The predicted molar refractivity (Wildman–Crippen MR) is 133 cm³/mol. The molecule has 1 unspecified atom stereocenters. The van der Waals surface area contributed by atoms with Gasteiger partial charge < -0.3 is 19.9 Å². The summed E-state index contributed by atoms with van der Waals surface area (Å²) in [5.41, 5.74) is 1.16. The van der Waals surface area contributed by atoms with Crippen molar-refractivity contribution in [3.05, 3.63) is 23.9 Å². The Hall–Kier alpha value is -1.09. The number of hydrogen-bond donors (Lipinski definition) is 1. The Morgan fingerprint density at radius 2 is 2.00 bits per heavy atom. The highest BCUT2D eigenvalue weighted by Gasteiger charge is 2.27. The number of aliphatic imine (C=N–C) groups is 1. The summed E-state index contributed by atoms with van der Waals surface area (Å²) < 4.78 is 5.82. The molecule has 168 valence electrons. The molecule has 7 heteroatoms. The maximum absolute atomic E-state index is 5.82. The Labute approximate surface area is 198 Å². The minimum Gasteiger partial charge on any atom is -0.477 e. The SMILES string of the molecule is CCNC(=NCc1ccnc(OCC2CC2)c1)N1CCC(CN2CCCCC2)C1.I. The molecular formula is C23H38IN5O. The first-order valence-corrected chi connectivity index (χ1v) is 11.6. The number of nitrogens with zero attached hydrogens (tertiary/aromatic N) is 4. The standard InChI is InChI=1S/C23H37N5O.HI/c1-2-24-23(28-13-9-21(17-28)16-27-11-4-3-5-12-27)26-15-20-8-10-25-22(14-20)29-18-19-6-7-19;/h8,10,14,19,21H,2-7,9,11-13,15-18H2,1H3,(H,24,26);1H. The molecule has 0 amide bonds. The van der Waals surface area contributed by atoms with Gasteiger partial charge in [0.2, 0.25) is 5.88 Å². The van der Waals surface area contributed by atoms with Crippen LogP contribution in [-0.4, -0.2) is 66.6 Å². The zero-order valence-corrected chi connectivity index (χ0v) is 20.7. The fourth-order valence-corrected chi connectivity index (χ4v) is 4.39. The van der Waals surface area contributed by atoms with Crippen LogP contribution >= 0.6 is 24.0 Å². The number of ether oxygens (including phenoxy) is 1. The molecule has 3 aliphatic rings. The van der Waals surface area contributed by atoms with Gasteiger partial charge in [-0.15, -0.1) is 24.0 Å². The second kappa shape index (κ2) is 12.1. The van der Waals surface area contributed by atoms with Crippen LogP contribution in [-0.2, 0) is 6.54 Å². The van der Waals surface area contributed by atoms with Crippen LogP contribution in [0.5, 0.6) is 5.88 Å². The van der Waals surface area contributed by atoms with E-state index in [1.165, 1.54) is 58.2 Å². The molecule has 3 fully saturated rings. The zero-order chi connectivity index (χ0) is 19.9. The Morgan fingerprint density at radius 3 is 2.77 bits per heavy atom. The molecule has 1 N–H and O–H groups in total. The molecule has 1 saturated carbocycles. The lowest BCUT2D eigenvalue weighted by molar-refractivity contribution is 0.198. The maximum Gasteiger partial charge on any atom is 0.213 e. The summed E-state index contributed by atoms with van der Waals surface area (Å²) >= 11 is 0. The van der Waals surface area contributed by atoms with Gasteiger partial charge in [-0.3, -0.25) is 0 Å². The highest BCUT2D eigenvalue weighted by atomic mass is 127. The van der Waals surface area contributed by atoms with Crippen LogP contribution in [0.15, 0.2) is 23.3 Å². The van der Waals surface area contributed by atoms with E-state index in [0.29, 0.717) is 6.54 Å². The summed E-state index contributed by atoms with van der Waals surface area (Å²) in [5, 5.41) is 3.50. The van der Waals surface area contributed by atoms with E-state index in [4.69, 9.17) is 9.73 Å². The predicted octanol–water partition coefficient (Wildman–Crippen LogP) is 3.76. The van der Waals surface area contributed by atoms with Crippen molar-refractivity contribution in [1.82, 2.24) is 20.1 Å². The number of likely N-dealkylation sites (tertiary alicyclic amines) is 2. The molecule has 3 heterocycles. The van der Waals surface area contributed by atoms with Crippen molar-refractivity contribution in [2.45, 2.75) is 52.0 Å². The number of halogens is 1. The summed E-state index contributed by atoms with van der Waals surface area (Å²) in [6.45, 7) is 10.6. The largest absolute Gasteiger partial charge is 0.477 e. The van der Waals surface area contributed by atoms with Gasteiger partial charge in [-0.05, 0) is 75.6 Å². The number of nitrogens with one attached hydrogen (secondary N) is 1. The average Bonchev–Trinajstić information content (AvgIpc) is 3.48. The van der Waals surface area contributed by atoms with Gasteiger partial charge in [0.15, 0.2) is 5.96 Å². The molecular weight excluding hydrogens is 489 g/mol. The Kier molecular flexibility index (Phi) is 9.49. The zero-order valence-electron chi connectivity index (χ0n) is 18.4. The van der Waals surface area contributed by atoms with E-state index in [-0.39, 0.29) is 24.0 Å². The van der Waals surface area contributed by atoms with Crippen molar-refractivity contribution in [3.63, 3.8) is 0 Å². The summed E-state index contributed by atoms with van der Waals surface area (Å²) in [4.78, 5) is 14.4. The van der Waals surface area contributed by atoms with Gasteiger partial charge in [0.1, 0.15) is 0 Å². The molecule has 1 aliphatic carbocycles. The molecule has 0 radical (unpaired) electrons. The first-order valence-electron chi connectivity index (χ1n) is 11.6. The van der Waals surface area contributed by atoms with Crippen LogP contribution in [0.3, 0.4) is 0 Å². The van der Waals surface area contributed by atoms with Gasteiger partial charge in [0.05, 0.1) is 13.2 Å². The third-order valence-electron chi connectivity index (χ3n) is 6.26. The summed E-state index contributed by atoms with van der Waals surface area (Å²) in [7, 11) is 0. The van der Waals surface area contributed by atoms with E-state index in [1.54, 1.807) is 0 Å². The van der Waals surface area contributed by atoms with Gasteiger partial charge in [0.25, 0.3) is 0 Å². The molecule has 2 aliphatic heterocycles. The van der Waals surface area contributed by atoms with Crippen molar-refractivity contribution >= 4 is 29.9 Å². The van der Waals surface area contributed by atoms with Crippen molar-refractivity contribution in [2.75, 3.05) is 45.9 Å². The molecule has 1 atom stereocenters. The van der Waals surface area contributed by atoms with Crippen LogP contribution in [0.2, 0.25) is 0 Å². The van der Waals surface area contributed by atoms with Crippen molar-refractivity contribution < 1.29 is 4.74 Å². The van der Waals surface area contributed by atoms with Crippen molar-refractivity contribution in [2.24, 2.45) is 16.8 Å². The second-order valence-corrected chi connectivity index (χ2v) is 8.89. The maximum atomic E-state index is 5.82. The van der Waals surface area contributed by atoms with E-state index >= 15 is 0 Å². The van der Waals surface area contributed by atoms with E-state index in [2.05, 4.69) is 27.0 Å². The first kappa shape index (κ1) is 23.6. The smallest absolute Gasteiger partial charge is 0.213 e. The number of piperidine rings is 1. The van der Waals surface area contributed by atoms with Gasteiger partial charge in [-0.1, -0.05) is 6.42 Å². The van der Waals surface area contributed by atoms with Crippen LogP contribution < -0.4 is 10.1 Å². The van der Waals surface area contributed by atoms with E-state index in [1.807, 2.05) is 18.3 Å². The Morgan fingerprint density at radius 1 is 1.17 bits per heavy atom. The quantitative estimate of drug-likeness (QED) is 0.317. The van der Waals surface area contributed by atoms with Crippen LogP contribution in [0.1, 0.15) is 51.0 Å². The average molecular weight is 527 g/mol. The molecule has 1 aromatic rings. The molecule has 6 nitrogen and oxygen atoms in total. The minimum atomic E-state index is 0. The van der Waals surface area contributed by atoms with E-state index < -0.39 is 0 Å². The Balaban J connectivity index is 0.00000256. The minimum absolute atomic E-state index is 0. The van der Waals surface area contributed by atoms with Crippen molar-refractivity contribution in [1.29, 1.82) is 0 Å². The number of pyridine rings is 1. The topological polar surface area (TPSA) is 53.0 Å². The van der Waals surface area contributed by atoms with E-state index in [9.17, 15) is 0 Å². The summed E-state index contributed by atoms with van der Waals surface area (Å²) in [5.74, 6) is 3.29. The molecule has 4 rings (SSSR count). The Bertz CT molecular complexity index is 675. The van der Waals surface area contributed by atoms with Gasteiger partial charge >= 0.3 is 0 Å². The summed E-state index contributed by atoms with van der Waals surface area (Å²) in [6.07, 6.45) is 9.86. The molecule has 1 aromatic heterocycles. The monoisotopic (exact) mass is 527 g/mol. The van der Waals surface area contributed by atoms with Crippen molar-refractivity contribution in [3.8, 4) is 5.88 Å². The third-order valence-corrected chi connectivity index (χ3v) is 6.26. The number of aromatic nitrogens is 1. The van der Waals surface area contributed by atoms with Crippen LogP contribution in [0, 0.1) is 11.8 Å². The fraction of sp³-hybridized carbons (Fsp3) is 0.739. The lowest BCUT2D eigenvalue weighted by Crippen LogP contribution is -2.41. The lowest BCUT2D eigenvalue weighted by atomic mass is 10.1. The van der Waals surface area contributed by atoms with Crippen LogP contribution in [0.25, 0.3) is 0 Å². The van der Waals surface area contributed by atoms with Gasteiger partial charge in [0, 0.05) is 38.4 Å². The molecule has 30 heavy (non-hydrogen) atoms. The highest BCUT2D eigenvalue weighted by molar-refractivity contribution is 14.0. The van der Waals surface area contributed by atoms with Crippen LogP contribution in [0.4, 0.5) is 0 Å². The van der Waals surface area contributed by atoms with E-state index in [0.717, 1.165) is 55.5 Å². The number of rotatable bonds is 8. The molecule has 0 spiro atoms. The van der Waals surface area contributed by atoms with Gasteiger partial charge in [-0.2, -0.15) is 0 Å². The number of hydrogen-bond acceptors (Lipinski definition) is 4. The van der Waals surface area contributed by atoms with Gasteiger partial charge in [-0.25, -0.2) is 9.98 Å². The molecule has 2 saturated heterocycles. The first-order chi connectivity index (χ1) is 14.3.